The fraction of sp³-hybridized carbons (Fsp3) is 0.667. The van der Waals surface area contributed by atoms with Crippen molar-refractivity contribution in [2.45, 2.75) is 106 Å². The van der Waals surface area contributed by atoms with Crippen molar-refractivity contribution in [3.8, 4) is 0 Å². The maximum absolute atomic E-state index is 13.1. The number of aromatic nitrogens is 1. The monoisotopic (exact) mass is 506 g/mol. The Kier molecular flexibility index (Phi) is 16.8. The summed E-state index contributed by atoms with van der Waals surface area (Å²) < 4.78 is 17.8. The summed E-state index contributed by atoms with van der Waals surface area (Å²) in [5.74, 6) is -0.367. The molecular formula is C30H51FN2O3. The van der Waals surface area contributed by atoms with E-state index < -0.39 is 6.67 Å². The van der Waals surface area contributed by atoms with E-state index in [-0.39, 0.29) is 23.7 Å². The van der Waals surface area contributed by atoms with E-state index >= 15 is 0 Å². The van der Waals surface area contributed by atoms with Crippen molar-refractivity contribution in [3.63, 3.8) is 0 Å². The number of aromatic amines is 1. The van der Waals surface area contributed by atoms with Crippen LogP contribution in [0.5, 0.6) is 0 Å². The smallest absolute Gasteiger partial charge is 0.311 e. The van der Waals surface area contributed by atoms with Gasteiger partial charge in [-0.05, 0) is 50.2 Å². The van der Waals surface area contributed by atoms with Gasteiger partial charge in [0.1, 0.15) is 6.67 Å². The van der Waals surface area contributed by atoms with Gasteiger partial charge in [-0.25, -0.2) is 4.39 Å². The molecule has 0 spiro atoms. The molecule has 6 heteroatoms. The molecule has 1 aliphatic carbocycles. The zero-order valence-corrected chi connectivity index (χ0v) is 24.4. The SMILES string of the molecule is CC.CC.CC/C=C(\C=C/CF)C(=O)N(C)CC(C)(C)c1c(CC(=O)OCC)[nH]c2c1CCCCC2. The van der Waals surface area contributed by atoms with E-state index in [9.17, 15) is 14.0 Å². The Morgan fingerprint density at radius 1 is 1.08 bits per heavy atom. The fourth-order valence-electron chi connectivity index (χ4n) is 4.81. The van der Waals surface area contributed by atoms with Gasteiger partial charge in [0, 0.05) is 36.0 Å². The lowest BCUT2D eigenvalue weighted by molar-refractivity contribution is -0.142. The van der Waals surface area contributed by atoms with Crippen LogP contribution in [-0.4, -0.2) is 48.6 Å². The zero-order valence-electron chi connectivity index (χ0n) is 24.4. The molecule has 1 aromatic heterocycles. The van der Waals surface area contributed by atoms with Crippen LogP contribution in [0.4, 0.5) is 4.39 Å². The minimum atomic E-state index is -0.601. The Labute approximate surface area is 219 Å². The summed E-state index contributed by atoms with van der Waals surface area (Å²) in [7, 11) is 1.78. The predicted molar refractivity (Wildman–Crippen MR) is 149 cm³/mol. The summed E-state index contributed by atoms with van der Waals surface area (Å²) in [6, 6.07) is 0. The number of nitrogens with one attached hydrogen (secondary N) is 1. The van der Waals surface area contributed by atoms with Gasteiger partial charge in [-0.15, -0.1) is 0 Å². The highest BCUT2D eigenvalue weighted by Crippen LogP contribution is 2.36. The molecule has 2 rings (SSSR count). The van der Waals surface area contributed by atoms with Gasteiger partial charge in [0.15, 0.2) is 0 Å². The largest absolute Gasteiger partial charge is 0.466 e. The number of carbonyl (C=O) groups is 2. The second-order valence-electron chi connectivity index (χ2n) is 9.15. The van der Waals surface area contributed by atoms with Crippen molar-refractivity contribution in [2.24, 2.45) is 0 Å². The summed E-state index contributed by atoms with van der Waals surface area (Å²) in [5, 5.41) is 0. The number of nitrogens with zero attached hydrogens (tertiary/aromatic N) is 1. The van der Waals surface area contributed by atoms with Gasteiger partial charge >= 0.3 is 5.97 Å². The summed E-state index contributed by atoms with van der Waals surface area (Å²) in [5.41, 5.74) is 4.70. The number of allylic oxidation sites excluding steroid dienone is 2. The summed E-state index contributed by atoms with van der Waals surface area (Å²) >= 11 is 0. The van der Waals surface area contributed by atoms with Crippen LogP contribution in [0.25, 0.3) is 0 Å². The Balaban J connectivity index is 0.00000291. The third-order valence-electron chi connectivity index (χ3n) is 5.96. The quantitative estimate of drug-likeness (QED) is 0.160. The molecule has 0 bridgehead atoms. The lowest BCUT2D eigenvalue weighted by Gasteiger charge is -2.32. The number of hydrogen-bond acceptors (Lipinski definition) is 3. The fourth-order valence-corrected chi connectivity index (χ4v) is 4.81. The van der Waals surface area contributed by atoms with Crippen molar-refractivity contribution in [1.82, 2.24) is 9.88 Å². The molecule has 1 amide bonds. The van der Waals surface area contributed by atoms with Gasteiger partial charge in [-0.3, -0.25) is 9.59 Å². The first-order valence-corrected chi connectivity index (χ1v) is 13.8. The number of likely N-dealkylation sites (N-methyl/N-ethyl adjacent to an activating group) is 1. The first-order chi connectivity index (χ1) is 17.2. The van der Waals surface area contributed by atoms with Gasteiger partial charge in [-0.2, -0.15) is 0 Å². The minimum absolute atomic E-state index is 0.127. The number of carbonyl (C=O) groups excluding carboxylic acids is 2. The standard InChI is InChI=1S/C26H39FN2O3.2C2H6/c1-6-12-19(13-11-16-27)25(31)29(5)18-26(3,4)24-20-14-9-8-10-15-21(20)28-22(24)17-23(30)32-7-2;2*1-2/h11-13,28H,6-10,14-18H2,1-5H3;2*1-2H3/b13-11-,19-12+;;. The Bertz CT molecular complexity index is 853. The molecule has 206 valence electrons. The molecule has 0 unspecified atom stereocenters. The molecule has 36 heavy (non-hydrogen) atoms. The van der Waals surface area contributed by atoms with Crippen molar-refractivity contribution >= 4 is 11.9 Å². The normalized spacial score (nSPS) is 13.6. The third-order valence-corrected chi connectivity index (χ3v) is 5.96. The van der Waals surface area contributed by atoms with E-state index in [4.69, 9.17) is 4.74 Å². The van der Waals surface area contributed by atoms with Crippen molar-refractivity contribution < 1.29 is 18.7 Å². The predicted octanol–water partition coefficient (Wildman–Crippen LogP) is 7.04. The summed E-state index contributed by atoms with van der Waals surface area (Å²) in [6.45, 7) is 16.3. The van der Waals surface area contributed by atoms with Gasteiger partial charge in [0.2, 0.25) is 0 Å². The van der Waals surface area contributed by atoms with E-state index in [1.165, 1.54) is 23.8 Å². The highest BCUT2D eigenvalue weighted by Gasteiger charge is 2.33. The van der Waals surface area contributed by atoms with E-state index in [0.29, 0.717) is 25.1 Å². The first kappa shape index (κ1) is 33.6. The molecule has 0 aliphatic heterocycles. The highest BCUT2D eigenvalue weighted by atomic mass is 19.1. The number of aryl methyl sites for hydroxylation is 1. The average Bonchev–Trinajstić information content (AvgIpc) is 3.05. The Morgan fingerprint density at radius 2 is 1.72 bits per heavy atom. The van der Waals surface area contributed by atoms with E-state index in [0.717, 1.165) is 36.9 Å². The van der Waals surface area contributed by atoms with Crippen LogP contribution >= 0.6 is 0 Å². The molecule has 5 nitrogen and oxygen atoms in total. The number of hydrogen-bond donors (Lipinski definition) is 1. The number of fused-ring (bicyclic) bond motifs is 1. The molecule has 0 aromatic carbocycles. The third kappa shape index (κ3) is 9.94. The number of alkyl halides is 1. The lowest BCUT2D eigenvalue weighted by atomic mass is 9.79. The van der Waals surface area contributed by atoms with Crippen LogP contribution in [0, 0.1) is 0 Å². The number of esters is 1. The topological polar surface area (TPSA) is 62.4 Å². The Hall–Kier alpha value is -2.37. The average molecular weight is 507 g/mol. The number of rotatable bonds is 10. The van der Waals surface area contributed by atoms with Crippen molar-refractivity contribution in [1.29, 1.82) is 0 Å². The van der Waals surface area contributed by atoms with Gasteiger partial charge in [0.25, 0.3) is 5.91 Å². The van der Waals surface area contributed by atoms with Crippen LogP contribution in [-0.2, 0) is 39.0 Å². The van der Waals surface area contributed by atoms with Crippen LogP contribution in [0.3, 0.4) is 0 Å². The van der Waals surface area contributed by atoms with Gasteiger partial charge in [-0.1, -0.05) is 73.1 Å². The van der Waals surface area contributed by atoms with Crippen molar-refractivity contribution in [2.75, 3.05) is 26.9 Å². The number of ether oxygens (including phenoxy) is 1. The van der Waals surface area contributed by atoms with E-state index in [2.05, 4.69) is 18.8 Å². The molecule has 1 aliphatic rings. The molecule has 0 fully saturated rings. The van der Waals surface area contributed by atoms with Crippen LogP contribution in [0.2, 0.25) is 0 Å². The number of H-pyrrole nitrogens is 1. The second kappa shape index (κ2) is 18.0. The van der Waals surface area contributed by atoms with Crippen LogP contribution < -0.4 is 0 Å². The molecule has 0 atom stereocenters. The second-order valence-corrected chi connectivity index (χ2v) is 9.15. The maximum Gasteiger partial charge on any atom is 0.311 e. The van der Waals surface area contributed by atoms with E-state index in [1.54, 1.807) is 18.0 Å². The number of amides is 1. The molecule has 1 aromatic rings. The highest BCUT2D eigenvalue weighted by molar-refractivity contribution is 5.96. The molecule has 1 heterocycles. The molecule has 0 saturated carbocycles. The van der Waals surface area contributed by atoms with Crippen LogP contribution in [0.1, 0.15) is 104 Å². The minimum Gasteiger partial charge on any atom is -0.466 e. The van der Waals surface area contributed by atoms with Gasteiger partial charge < -0.3 is 14.6 Å². The molecule has 0 saturated heterocycles. The number of halogens is 1. The van der Waals surface area contributed by atoms with E-state index in [1.807, 2.05) is 47.6 Å². The zero-order chi connectivity index (χ0) is 27.7. The molecule has 1 N–H and O–H groups in total. The van der Waals surface area contributed by atoms with Gasteiger partial charge in [0.05, 0.1) is 13.0 Å². The first-order valence-electron chi connectivity index (χ1n) is 13.8. The lowest BCUT2D eigenvalue weighted by Crippen LogP contribution is -2.39. The van der Waals surface area contributed by atoms with Crippen LogP contribution in [0.15, 0.2) is 23.8 Å². The molecule has 0 radical (unpaired) electrons. The maximum atomic E-state index is 13.1. The summed E-state index contributed by atoms with van der Waals surface area (Å²) in [6.07, 6.45) is 11.1. The summed E-state index contributed by atoms with van der Waals surface area (Å²) in [4.78, 5) is 30.6. The Morgan fingerprint density at radius 3 is 2.31 bits per heavy atom. The van der Waals surface area contributed by atoms with Crippen molar-refractivity contribution in [3.05, 3.63) is 46.3 Å². The molecular weight excluding hydrogens is 455 g/mol.